The van der Waals surface area contributed by atoms with E-state index in [1.165, 1.54) is 11.1 Å². The van der Waals surface area contributed by atoms with E-state index in [0.29, 0.717) is 25.9 Å². The first kappa shape index (κ1) is 33.0. The van der Waals surface area contributed by atoms with Gasteiger partial charge in [0.2, 0.25) is 10.0 Å². The summed E-state index contributed by atoms with van der Waals surface area (Å²) >= 11 is 4.93. The summed E-state index contributed by atoms with van der Waals surface area (Å²) < 4.78 is 26.1. The number of rotatable bonds is 10. The number of imidazole rings is 1. The van der Waals surface area contributed by atoms with Crippen molar-refractivity contribution in [3.8, 4) is 11.3 Å². The van der Waals surface area contributed by atoms with Crippen LogP contribution < -0.4 is 10.6 Å². The highest BCUT2D eigenvalue weighted by Crippen LogP contribution is 2.35. The molecule has 2 saturated heterocycles. The van der Waals surface area contributed by atoms with Gasteiger partial charge in [0.1, 0.15) is 5.82 Å². The minimum Gasteiger partial charge on any atom is -0.341 e. The number of allylic oxidation sites excluding steroid dienone is 6. The number of carbonyl (C=O) groups is 1. The Labute approximate surface area is 278 Å². The molecule has 6 rings (SSSR count). The van der Waals surface area contributed by atoms with Gasteiger partial charge in [-0.25, -0.2) is 13.4 Å². The maximum Gasteiger partial charge on any atom is 0.251 e. The van der Waals surface area contributed by atoms with Crippen molar-refractivity contribution in [1.82, 2.24) is 29.8 Å². The zero-order valence-electron chi connectivity index (χ0n) is 26.7. The second-order valence-corrected chi connectivity index (χ2v) is 15.8. The van der Waals surface area contributed by atoms with E-state index in [-0.39, 0.29) is 16.4 Å². The summed E-state index contributed by atoms with van der Waals surface area (Å²) in [5.41, 5.74) is 7.54. The first-order valence-electron chi connectivity index (χ1n) is 16.6. The van der Waals surface area contributed by atoms with Crippen LogP contribution in [0.3, 0.4) is 0 Å². The number of carbonyl (C=O) groups excluding carboxylic acids is 1. The van der Waals surface area contributed by atoms with Gasteiger partial charge < -0.3 is 15.6 Å². The van der Waals surface area contributed by atoms with Gasteiger partial charge in [-0.1, -0.05) is 55.0 Å². The van der Waals surface area contributed by atoms with Crippen LogP contribution >= 0.6 is 12.6 Å². The topological polar surface area (TPSA) is 110 Å². The number of thiol groups is 1. The summed E-state index contributed by atoms with van der Waals surface area (Å²) in [7, 11) is -3.12. The van der Waals surface area contributed by atoms with Crippen LogP contribution in [0.25, 0.3) is 16.8 Å². The summed E-state index contributed by atoms with van der Waals surface area (Å²) in [4.78, 5) is 23.5. The van der Waals surface area contributed by atoms with E-state index in [0.717, 1.165) is 98.7 Å². The summed E-state index contributed by atoms with van der Waals surface area (Å²) in [5.74, 6) is 1.12. The number of H-pyrrole nitrogens is 1. The molecule has 0 radical (unpaired) electrons. The number of amides is 1. The Morgan fingerprint density at radius 3 is 2.43 bits per heavy atom. The Hall–Kier alpha value is -2.96. The van der Waals surface area contributed by atoms with E-state index in [1.54, 1.807) is 4.31 Å². The fourth-order valence-corrected chi connectivity index (χ4v) is 8.59. The van der Waals surface area contributed by atoms with Crippen molar-refractivity contribution in [2.45, 2.75) is 56.6 Å². The van der Waals surface area contributed by atoms with Gasteiger partial charge in [0, 0.05) is 50.5 Å². The van der Waals surface area contributed by atoms with Crippen LogP contribution in [-0.2, 0) is 19.6 Å². The maximum atomic E-state index is 13.1. The van der Waals surface area contributed by atoms with E-state index >= 15 is 0 Å². The Bertz CT molecular complexity index is 1640. The lowest BCUT2D eigenvalue weighted by Crippen LogP contribution is -2.49. The van der Waals surface area contributed by atoms with E-state index in [2.05, 4.69) is 61.9 Å². The third kappa shape index (κ3) is 7.77. The molecule has 2 aliphatic carbocycles. The quantitative estimate of drug-likeness (QED) is 0.273. The first-order valence-corrected chi connectivity index (χ1v) is 18.7. The fraction of sp³-hybridized carbons (Fsp3) is 0.486. The molecule has 2 aliphatic heterocycles. The van der Waals surface area contributed by atoms with Gasteiger partial charge in [-0.3, -0.25) is 9.69 Å². The van der Waals surface area contributed by atoms with Crippen LogP contribution in [0.2, 0.25) is 0 Å². The monoisotopic (exact) mass is 662 g/mol. The summed E-state index contributed by atoms with van der Waals surface area (Å²) in [6.45, 7) is 7.21. The fourth-order valence-electron chi connectivity index (χ4n) is 6.71. The number of piperazine rings is 1. The van der Waals surface area contributed by atoms with Crippen molar-refractivity contribution in [3.05, 3.63) is 83.0 Å². The van der Waals surface area contributed by atoms with Gasteiger partial charge in [0.05, 0.1) is 22.4 Å². The zero-order chi connectivity index (χ0) is 32.1. The minimum absolute atomic E-state index is 0.0247. The second-order valence-electron chi connectivity index (χ2n) is 12.9. The standard InChI is InChI=1S/C35H46N6O3S2/c1-2-22-46(43,44)41-20-18-40(19-21-41)24-26-4-14-31(15-5-26)38-33(42)30-12-8-28(9-13-30)27-6-10-29(11-7-27)32-23-37-34(39-32)35(45)16-3-17-36-25-35/h4,6-8,10-12,14,23,36,45H,2-3,5,9,13,15-22,24-25H2,1H3,(H,37,39)(H,38,42)/t35-/m0/s1. The van der Waals surface area contributed by atoms with E-state index < -0.39 is 10.0 Å². The third-order valence-corrected chi connectivity index (χ3v) is 12.2. The van der Waals surface area contributed by atoms with Gasteiger partial charge in [-0.2, -0.15) is 16.9 Å². The summed E-state index contributed by atoms with van der Waals surface area (Å²) in [6, 6.07) is 8.53. The highest BCUT2D eigenvalue weighted by atomic mass is 32.2. The number of nitrogens with zero attached hydrogens (tertiary/aromatic N) is 3. The Balaban J connectivity index is 0.997. The highest BCUT2D eigenvalue weighted by Gasteiger charge is 2.33. The van der Waals surface area contributed by atoms with Crippen molar-refractivity contribution in [2.24, 2.45) is 0 Å². The molecule has 246 valence electrons. The van der Waals surface area contributed by atoms with Crippen LogP contribution in [-0.4, -0.2) is 85.1 Å². The third-order valence-electron chi connectivity index (χ3n) is 9.51. The number of benzene rings is 1. The molecule has 3 N–H and O–H groups in total. The molecule has 0 saturated carbocycles. The van der Waals surface area contributed by atoms with Gasteiger partial charge in [-0.15, -0.1) is 0 Å². The molecule has 1 aromatic carbocycles. The molecular weight excluding hydrogens is 617 g/mol. The molecule has 4 aliphatic rings. The molecule has 0 spiro atoms. The van der Waals surface area contributed by atoms with Gasteiger partial charge in [0.25, 0.3) is 5.91 Å². The van der Waals surface area contributed by atoms with E-state index in [9.17, 15) is 13.2 Å². The molecule has 9 nitrogen and oxygen atoms in total. The predicted octanol–water partition coefficient (Wildman–Crippen LogP) is 4.77. The number of hydrogen-bond donors (Lipinski definition) is 4. The predicted molar refractivity (Wildman–Crippen MR) is 188 cm³/mol. The molecule has 3 heterocycles. The van der Waals surface area contributed by atoms with Crippen molar-refractivity contribution < 1.29 is 13.2 Å². The average molecular weight is 663 g/mol. The number of piperidine rings is 1. The lowest BCUT2D eigenvalue weighted by molar-refractivity contribution is -0.117. The van der Waals surface area contributed by atoms with Gasteiger partial charge in [-0.05, 0) is 74.3 Å². The first-order chi connectivity index (χ1) is 22.2. The number of aromatic amines is 1. The maximum absolute atomic E-state index is 13.1. The largest absolute Gasteiger partial charge is 0.341 e. The van der Waals surface area contributed by atoms with Crippen LogP contribution in [0.15, 0.2) is 71.6 Å². The number of hydrogen-bond acceptors (Lipinski definition) is 7. The molecule has 11 heteroatoms. The number of aromatic nitrogens is 2. The lowest BCUT2D eigenvalue weighted by Gasteiger charge is -2.34. The zero-order valence-corrected chi connectivity index (χ0v) is 28.4. The van der Waals surface area contributed by atoms with Crippen LogP contribution in [0.5, 0.6) is 0 Å². The molecule has 0 unspecified atom stereocenters. The van der Waals surface area contributed by atoms with E-state index in [4.69, 9.17) is 12.6 Å². The van der Waals surface area contributed by atoms with Crippen LogP contribution in [0, 0.1) is 0 Å². The Morgan fingerprint density at radius 1 is 1.00 bits per heavy atom. The Kier molecular flexibility index (Phi) is 10.3. The van der Waals surface area contributed by atoms with Crippen molar-refractivity contribution in [2.75, 3.05) is 51.6 Å². The molecule has 0 bridgehead atoms. The van der Waals surface area contributed by atoms with Crippen molar-refractivity contribution >= 4 is 34.1 Å². The molecule has 2 aromatic rings. The van der Waals surface area contributed by atoms with E-state index in [1.807, 2.05) is 25.3 Å². The second kappa shape index (κ2) is 14.4. The normalized spacial score (nSPS) is 23.3. The van der Waals surface area contributed by atoms with Crippen molar-refractivity contribution in [3.63, 3.8) is 0 Å². The van der Waals surface area contributed by atoms with Crippen LogP contribution in [0.4, 0.5) is 0 Å². The van der Waals surface area contributed by atoms with Gasteiger partial charge >= 0.3 is 0 Å². The highest BCUT2D eigenvalue weighted by molar-refractivity contribution is 7.89. The summed E-state index contributed by atoms with van der Waals surface area (Å²) in [5, 5.41) is 6.55. The molecule has 1 atom stereocenters. The summed E-state index contributed by atoms with van der Waals surface area (Å²) in [6.07, 6.45) is 16.0. The molecule has 2 fully saturated rings. The molecule has 46 heavy (non-hydrogen) atoms. The smallest absolute Gasteiger partial charge is 0.251 e. The molecular formula is C35H46N6O3S2. The average Bonchev–Trinajstić information content (AvgIpc) is 3.58. The SMILES string of the molecule is CCCS(=O)(=O)N1CCN(CC2=CC=C(NC(=O)C3=CC=C(c4ccc(-c5cnc([C@]6(S)CCCNC6)[nH]5)cc4)CC3)CC2)CC1. The minimum atomic E-state index is -3.12. The number of nitrogens with one attached hydrogen (secondary N) is 3. The lowest BCUT2D eigenvalue weighted by atomic mass is 9.92. The number of sulfonamides is 1. The van der Waals surface area contributed by atoms with Crippen LogP contribution in [0.1, 0.15) is 63.3 Å². The Morgan fingerprint density at radius 2 is 1.78 bits per heavy atom. The van der Waals surface area contributed by atoms with Crippen molar-refractivity contribution in [1.29, 1.82) is 0 Å². The van der Waals surface area contributed by atoms with Gasteiger partial charge in [0.15, 0.2) is 0 Å². The molecule has 1 amide bonds. The molecule has 1 aromatic heterocycles.